The molecule has 0 saturated heterocycles. The third-order valence-corrected chi connectivity index (χ3v) is 8.08. The van der Waals surface area contributed by atoms with Crippen LogP contribution in [-0.4, -0.2) is 50.4 Å². The van der Waals surface area contributed by atoms with E-state index in [1.165, 1.54) is 0 Å². The van der Waals surface area contributed by atoms with E-state index < -0.39 is 29.6 Å². The first-order valence-electron chi connectivity index (χ1n) is 15.0. The Morgan fingerprint density at radius 1 is 0.667 bits per heavy atom. The number of hydrogen-bond donors (Lipinski definition) is 7. The van der Waals surface area contributed by atoms with Crippen molar-refractivity contribution in [3.63, 3.8) is 0 Å². The Morgan fingerprint density at radius 3 is 1.67 bits per heavy atom. The molecule has 0 bridgehead atoms. The monoisotopic (exact) mass is 603 g/mol. The lowest BCUT2D eigenvalue weighted by Crippen LogP contribution is -2.59. The van der Waals surface area contributed by atoms with Gasteiger partial charge in [0.2, 0.25) is 17.7 Å². The number of aromatic amines is 3. The lowest BCUT2D eigenvalue weighted by molar-refractivity contribution is -0.132. The van der Waals surface area contributed by atoms with Crippen LogP contribution in [-0.2, 0) is 33.6 Å². The molecule has 45 heavy (non-hydrogen) atoms. The number of fused-ring (bicyclic) bond motifs is 3. The van der Waals surface area contributed by atoms with Crippen molar-refractivity contribution in [3.8, 4) is 0 Å². The fraction of sp³-hybridized carbons (Fsp3) is 0.229. The molecule has 3 heterocycles. The molecule has 0 fully saturated rings. The van der Waals surface area contributed by atoms with E-state index in [1.807, 2.05) is 91.4 Å². The number of hydrogen-bond acceptors (Lipinski definition) is 4. The molecule has 10 heteroatoms. The highest BCUT2D eigenvalue weighted by molar-refractivity contribution is 5.93. The van der Waals surface area contributed by atoms with Crippen molar-refractivity contribution >= 4 is 50.4 Å². The van der Waals surface area contributed by atoms with E-state index >= 15 is 0 Å². The first-order valence-corrected chi connectivity index (χ1v) is 15.0. The number of nitrogens with one attached hydrogen (secondary N) is 6. The van der Waals surface area contributed by atoms with Crippen LogP contribution in [0.4, 0.5) is 0 Å². The van der Waals surface area contributed by atoms with Gasteiger partial charge in [0.15, 0.2) is 0 Å². The first kappa shape index (κ1) is 29.7. The maximum absolute atomic E-state index is 14.0. The number of nitrogens with two attached hydrogens (primary N) is 1. The van der Waals surface area contributed by atoms with Crippen LogP contribution in [0.25, 0.3) is 32.7 Å². The predicted octanol–water partition coefficient (Wildman–Crippen LogP) is 3.94. The van der Waals surface area contributed by atoms with Gasteiger partial charge in [-0.15, -0.1) is 0 Å². The molecular formula is C35H37N7O3. The highest BCUT2D eigenvalue weighted by Gasteiger charge is 2.30. The van der Waals surface area contributed by atoms with E-state index in [9.17, 15) is 14.4 Å². The third kappa shape index (κ3) is 6.61. The molecule has 6 rings (SSSR count). The van der Waals surface area contributed by atoms with Gasteiger partial charge >= 0.3 is 0 Å². The van der Waals surface area contributed by atoms with Crippen molar-refractivity contribution < 1.29 is 14.4 Å². The van der Waals surface area contributed by atoms with Gasteiger partial charge in [0.25, 0.3) is 0 Å². The van der Waals surface area contributed by atoms with Gasteiger partial charge < -0.3 is 36.6 Å². The summed E-state index contributed by atoms with van der Waals surface area (Å²) in [4.78, 5) is 50.2. The Morgan fingerprint density at radius 2 is 1.13 bits per heavy atom. The second-order valence-electron chi connectivity index (χ2n) is 12.0. The predicted molar refractivity (Wildman–Crippen MR) is 176 cm³/mol. The Hall–Kier alpha value is -5.35. The van der Waals surface area contributed by atoms with Crippen LogP contribution in [0.2, 0.25) is 0 Å². The Labute approximate surface area is 260 Å². The average molecular weight is 604 g/mol. The molecule has 3 amide bonds. The van der Waals surface area contributed by atoms with E-state index in [1.54, 1.807) is 13.8 Å². The molecule has 0 aliphatic carbocycles. The van der Waals surface area contributed by atoms with E-state index in [-0.39, 0.29) is 18.7 Å². The van der Waals surface area contributed by atoms with Crippen molar-refractivity contribution in [2.75, 3.05) is 0 Å². The molecule has 8 N–H and O–H groups in total. The molecular weight excluding hydrogens is 566 g/mol. The zero-order chi connectivity index (χ0) is 31.6. The molecule has 2 atom stereocenters. The third-order valence-electron chi connectivity index (χ3n) is 8.08. The van der Waals surface area contributed by atoms with Crippen LogP contribution in [0.15, 0.2) is 91.4 Å². The number of H-pyrrole nitrogens is 3. The lowest BCUT2D eigenvalue weighted by Gasteiger charge is -2.27. The van der Waals surface area contributed by atoms with Gasteiger partial charge in [-0.2, -0.15) is 0 Å². The number of benzene rings is 3. The van der Waals surface area contributed by atoms with Crippen LogP contribution < -0.4 is 21.7 Å². The second-order valence-corrected chi connectivity index (χ2v) is 12.0. The Bertz CT molecular complexity index is 1990. The minimum absolute atomic E-state index is 0.126. The SMILES string of the molecule is CC(C)(N)C(=O)N[C@H](Cc1c[nH]c2ccccc12)C(=O)N[C@H](Cc1c[nH]c2ccccc12)NC(=O)Cc1c[nH]c2ccccc12. The topological polar surface area (TPSA) is 161 Å². The number of carbonyl (C=O) groups is 3. The van der Waals surface area contributed by atoms with Crippen molar-refractivity contribution in [1.29, 1.82) is 0 Å². The van der Waals surface area contributed by atoms with Gasteiger partial charge in [0.05, 0.1) is 12.0 Å². The Kier molecular flexibility index (Phi) is 8.14. The minimum atomic E-state index is -1.20. The molecule has 0 aliphatic rings. The zero-order valence-corrected chi connectivity index (χ0v) is 25.2. The van der Waals surface area contributed by atoms with Crippen LogP contribution in [0.1, 0.15) is 30.5 Å². The highest BCUT2D eigenvalue weighted by Crippen LogP contribution is 2.22. The van der Waals surface area contributed by atoms with Gasteiger partial charge in [0, 0.05) is 64.1 Å². The minimum Gasteiger partial charge on any atom is -0.361 e. The summed E-state index contributed by atoms with van der Waals surface area (Å²) in [5.41, 5.74) is 10.4. The molecule has 0 unspecified atom stereocenters. The van der Waals surface area contributed by atoms with Gasteiger partial charge in [0.1, 0.15) is 12.2 Å². The number of amides is 3. The molecule has 0 spiro atoms. The molecule has 0 radical (unpaired) electrons. The van der Waals surface area contributed by atoms with E-state index in [0.29, 0.717) is 6.42 Å². The van der Waals surface area contributed by atoms with Crippen LogP contribution in [0.5, 0.6) is 0 Å². The molecule has 0 saturated carbocycles. The molecule has 0 aliphatic heterocycles. The molecule has 230 valence electrons. The van der Waals surface area contributed by atoms with Gasteiger partial charge in [-0.05, 0) is 48.7 Å². The number of rotatable bonds is 11. The van der Waals surface area contributed by atoms with Crippen LogP contribution in [0.3, 0.4) is 0 Å². The largest absolute Gasteiger partial charge is 0.361 e. The smallest absolute Gasteiger partial charge is 0.244 e. The summed E-state index contributed by atoms with van der Waals surface area (Å²) in [6.45, 7) is 3.18. The van der Waals surface area contributed by atoms with Crippen LogP contribution >= 0.6 is 0 Å². The Balaban J connectivity index is 1.27. The van der Waals surface area contributed by atoms with Gasteiger partial charge in [-0.25, -0.2) is 0 Å². The van der Waals surface area contributed by atoms with E-state index in [0.717, 1.165) is 49.4 Å². The van der Waals surface area contributed by atoms with E-state index in [2.05, 4.69) is 30.9 Å². The molecule has 3 aromatic carbocycles. The van der Waals surface area contributed by atoms with Crippen molar-refractivity contribution in [2.24, 2.45) is 5.73 Å². The highest BCUT2D eigenvalue weighted by atomic mass is 16.2. The number of aromatic nitrogens is 3. The summed E-state index contributed by atoms with van der Waals surface area (Å²) in [6.07, 6.45) is 5.48. The van der Waals surface area contributed by atoms with Crippen LogP contribution in [0, 0.1) is 0 Å². The molecule has 3 aromatic heterocycles. The lowest BCUT2D eigenvalue weighted by atomic mass is 10.0. The summed E-state index contributed by atoms with van der Waals surface area (Å²) in [6, 6.07) is 22.5. The molecule has 6 aromatic rings. The zero-order valence-electron chi connectivity index (χ0n) is 25.2. The van der Waals surface area contributed by atoms with Crippen molar-refractivity contribution in [2.45, 2.75) is 50.9 Å². The fourth-order valence-corrected chi connectivity index (χ4v) is 5.70. The van der Waals surface area contributed by atoms with Gasteiger partial charge in [-0.3, -0.25) is 14.4 Å². The van der Waals surface area contributed by atoms with E-state index in [4.69, 9.17) is 5.73 Å². The molecule has 10 nitrogen and oxygen atoms in total. The number of carbonyl (C=O) groups excluding carboxylic acids is 3. The summed E-state index contributed by atoms with van der Waals surface area (Å²) in [5, 5.41) is 11.8. The first-order chi connectivity index (χ1) is 21.7. The summed E-state index contributed by atoms with van der Waals surface area (Å²) in [5.74, 6) is -1.14. The maximum atomic E-state index is 14.0. The maximum Gasteiger partial charge on any atom is 0.244 e. The normalized spacial score (nSPS) is 13.1. The van der Waals surface area contributed by atoms with Crippen molar-refractivity contribution in [3.05, 3.63) is 108 Å². The quantitative estimate of drug-likeness (QED) is 0.112. The summed E-state index contributed by atoms with van der Waals surface area (Å²) in [7, 11) is 0. The second kappa shape index (κ2) is 12.3. The fourth-order valence-electron chi connectivity index (χ4n) is 5.70. The van der Waals surface area contributed by atoms with Gasteiger partial charge in [-0.1, -0.05) is 54.6 Å². The number of para-hydroxylation sites is 3. The summed E-state index contributed by atoms with van der Waals surface area (Å²) < 4.78 is 0. The van der Waals surface area contributed by atoms with Crippen molar-refractivity contribution in [1.82, 2.24) is 30.9 Å². The average Bonchev–Trinajstić information content (AvgIpc) is 3.74. The standard InChI is InChI=1S/C35H37N7O3/c1-35(2,36)34(45)40-30(15-21-18-37-27-12-6-3-9-24(21)27)33(44)42-31(16-22-19-38-28-13-7-4-10-25(22)28)41-32(43)17-23-20-39-29-14-8-5-11-26(23)29/h3-14,18-20,30-31,37-39H,15-17,36H2,1-2H3,(H,40,45)(H,41,43)(H,42,44)/t30-,31-/m1/s1. The summed E-state index contributed by atoms with van der Waals surface area (Å²) >= 11 is 0.